The fourth-order valence-corrected chi connectivity index (χ4v) is 3.79. The van der Waals surface area contributed by atoms with Crippen LogP contribution in [0.1, 0.15) is 18.9 Å². The smallest absolute Gasteiger partial charge is 0.468 e. The lowest BCUT2D eigenvalue weighted by atomic mass is 10.1. The Hall–Kier alpha value is -3.14. The van der Waals surface area contributed by atoms with Crippen molar-refractivity contribution in [1.82, 2.24) is 9.47 Å². The lowest BCUT2D eigenvalue weighted by Crippen LogP contribution is -2.48. The Morgan fingerprint density at radius 1 is 1.20 bits per heavy atom. The van der Waals surface area contributed by atoms with Crippen molar-refractivity contribution >= 4 is 28.7 Å². The van der Waals surface area contributed by atoms with Crippen LogP contribution in [-0.4, -0.2) is 66.5 Å². The van der Waals surface area contributed by atoms with Gasteiger partial charge in [0.15, 0.2) is 5.75 Å². The summed E-state index contributed by atoms with van der Waals surface area (Å²) >= 11 is 0. The van der Waals surface area contributed by atoms with Gasteiger partial charge in [-0.3, -0.25) is 14.5 Å². The molecular weight excluding hydrogens is 397 g/mol. The first-order valence-corrected chi connectivity index (χ1v) is 9.70. The summed E-state index contributed by atoms with van der Waals surface area (Å²) in [4.78, 5) is 38.8. The molecule has 2 fully saturated rings. The SMILES string of the molecule is COC(=O)CN1CCN(c2cc3c(cc2F)c(=O)c(OC(=O)O)cn3C2CC2)CC1. The van der Waals surface area contributed by atoms with Crippen LogP contribution in [0.4, 0.5) is 14.9 Å². The third kappa shape index (κ3) is 3.95. The van der Waals surface area contributed by atoms with Crippen LogP contribution in [-0.2, 0) is 9.53 Å². The molecule has 1 saturated heterocycles. The van der Waals surface area contributed by atoms with E-state index in [4.69, 9.17) is 5.11 Å². The van der Waals surface area contributed by atoms with Crippen molar-refractivity contribution < 1.29 is 28.6 Å². The van der Waals surface area contributed by atoms with Crippen molar-refractivity contribution in [2.24, 2.45) is 0 Å². The number of hydrogen-bond acceptors (Lipinski definition) is 7. The Morgan fingerprint density at radius 3 is 2.50 bits per heavy atom. The zero-order valence-corrected chi connectivity index (χ0v) is 16.5. The van der Waals surface area contributed by atoms with Gasteiger partial charge >= 0.3 is 12.1 Å². The van der Waals surface area contributed by atoms with Crippen molar-refractivity contribution in [1.29, 1.82) is 0 Å². The average molecular weight is 419 g/mol. The molecule has 0 amide bonds. The van der Waals surface area contributed by atoms with E-state index in [1.807, 2.05) is 9.80 Å². The molecule has 4 rings (SSSR count). The number of piperazine rings is 1. The second kappa shape index (κ2) is 7.94. The summed E-state index contributed by atoms with van der Waals surface area (Å²) in [6, 6.07) is 2.92. The highest BCUT2D eigenvalue weighted by Crippen LogP contribution is 2.39. The van der Waals surface area contributed by atoms with E-state index in [1.165, 1.54) is 13.3 Å². The molecule has 2 aliphatic rings. The number of hydrogen-bond donors (Lipinski definition) is 1. The number of benzene rings is 1. The van der Waals surface area contributed by atoms with E-state index in [0.717, 1.165) is 18.9 Å². The number of rotatable bonds is 5. The lowest BCUT2D eigenvalue weighted by molar-refractivity contribution is -0.142. The average Bonchev–Trinajstić information content (AvgIpc) is 3.55. The van der Waals surface area contributed by atoms with Crippen LogP contribution >= 0.6 is 0 Å². The summed E-state index contributed by atoms with van der Waals surface area (Å²) < 4.78 is 26.1. The Balaban J connectivity index is 1.67. The van der Waals surface area contributed by atoms with Crippen LogP contribution in [0.15, 0.2) is 23.1 Å². The molecule has 30 heavy (non-hydrogen) atoms. The maximum Gasteiger partial charge on any atom is 0.511 e. The molecule has 2 heterocycles. The molecule has 1 aliphatic carbocycles. The molecule has 0 atom stereocenters. The maximum absolute atomic E-state index is 15.0. The van der Waals surface area contributed by atoms with Crippen molar-refractivity contribution in [3.05, 3.63) is 34.4 Å². The lowest BCUT2D eigenvalue weighted by Gasteiger charge is -2.35. The van der Waals surface area contributed by atoms with Gasteiger partial charge in [0.2, 0.25) is 5.43 Å². The molecule has 10 heteroatoms. The van der Waals surface area contributed by atoms with Crippen LogP contribution in [0.2, 0.25) is 0 Å². The van der Waals surface area contributed by atoms with Gasteiger partial charge in [-0.25, -0.2) is 9.18 Å². The number of nitrogens with zero attached hydrogens (tertiary/aromatic N) is 3. The fraction of sp³-hybridized carbons (Fsp3) is 0.450. The van der Waals surface area contributed by atoms with Gasteiger partial charge in [-0.1, -0.05) is 0 Å². The van der Waals surface area contributed by atoms with Crippen molar-refractivity contribution in [2.45, 2.75) is 18.9 Å². The molecule has 1 aromatic carbocycles. The number of anilines is 1. The first-order valence-electron chi connectivity index (χ1n) is 9.70. The van der Waals surface area contributed by atoms with Gasteiger partial charge in [-0.2, -0.15) is 0 Å². The monoisotopic (exact) mass is 419 g/mol. The minimum absolute atomic E-state index is 0.0891. The molecule has 1 aliphatic heterocycles. The number of carbonyl (C=O) groups is 2. The largest absolute Gasteiger partial charge is 0.511 e. The number of carboxylic acid groups (broad SMARTS) is 1. The van der Waals surface area contributed by atoms with Crippen molar-refractivity contribution in [2.75, 3.05) is 44.7 Å². The second-order valence-electron chi connectivity index (χ2n) is 7.49. The number of methoxy groups -OCH3 is 1. The Labute approximate surface area is 171 Å². The van der Waals surface area contributed by atoms with Gasteiger partial charge in [0, 0.05) is 32.2 Å². The standard InChI is InChI=1S/C20H22FN3O6/c1-29-18(25)11-22-4-6-23(7-5-22)16-9-15-13(8-14(16)21)19(26)17(30-20(27)28)10-24(15)12-2-3-12/h8-10,12H,2-7,11H2,1H3,(H,27,28). The normalized spacial score (nSPS) is 17.2. The Kier molecular flexibility index (Phi) is 5.33. The summed E-state index contributed by atoms with van der Waals surface area (Å²) in [5.41, 5.74) is 0.271. The van der Waals surface area contributed by atoms with E-state index in [0.29, 0.717) is 37.4 Å². The molecular formula is C20H22FN3O6. The first kappa shape index (κ1) is 20.1. The summed E-state index contributed by atoms with van der Waals surface area (Å²) in [6.07, 6.45) is 1.59. The van der Waals surface area contributed by atoms with Gasteiger partial charge in [0.05, 0.1) is 36.4 Å². The first-order chi connectivity index (χ1) is 14.4. The zero-order chi connectivity index (χ0) is 21.4. The molecule has 1 saturated carbocycles. The second-order valence-corrected chi connectivity index (χ2v) is 7.49. The third-order valence-corrected chi connectivity index (χ3v) is 5.50. The number of ether oxygens (including phenoxy) is 2. The third-order valence-electron chi connectivity index (χ3n) is 5.50. The van der Waals surface area contributed by atoms with Gasteiger partial charge in [0.25, 0.3) is 0 Å². The quantitative estimate of drug-likeness (QED) is 0.733. The van der Waals surface area contributed by atoms with Crippen molar-refractivity contribution in [3.8, 4) is 5.75 Å². The maximum atomic E-state index is 15.0. The molecule has 160 valence electrons. The number of pyridine rings is 1. The highest BCUT2D eigenvalue weighted by molar-refractivity contribution is 5.85. The van der Waals surface area contributed by atoms with Gasteiger partial charge < -0.3 is 24.0 Å². The minimum Gasteiger partial charge on any atom is -0.468 e. The number of fused-ring (bicyclic) bond motifs is 1. The highest BCUT2D eigenvalue weighted by Gasteiger charge is 2.28. The van der Waals surface area contributed by atoms with Crippen LogP contribution in [0.25, 0.3) is 10.9 Å². The van der Waals surface area contributed by atoms with Crippen LogP contribution in [0, 0.1) is 5.82 Å². The fourth-order valence-electron chi connectivity index (χ4n) is 3.79. The summed E-state index contributed by atoms with van der Waals surface area (Å²) in [5, 5.41) is 8.97. The number of esters is 1. The molecule has 0 unspecified atom stereocenters. The van der Waals surface area contributed by atoms with Crippen molar-refractivity contribution in [3.63, 3.8) is 0 Å². The van der Waals surface area contributed by atoms with Gasteiger partial charge in [-0.15, -0.1) is 0 Å². The Morgan fingerprint density at radius 2 is 1.90 bits per heavy atom. The van der Waals surface area contributed by atoms with E-state index in [1.54, 1.807) is 10.6 Å². The molecule has 0 bridgehead atoms. The van der Waals surface area contributed by atoms with Crippen LogP contribution in [0.3, 0.4) is 0 Å². The van der Waals surface area contributed by atoms with Crippen LogP contribution in [0.5, 0.6) is 5.75 Å². The summed E-state index contributed by atoms with van der Waals surface area (Å²) in [5.74, 6) is -1.20. The summed E-state index contributed by atoms with van der Waals surface area (Å²) in [7, 11) is 1.34. The molecule has 0 radical (unpaired) electrons. The predicted molar refractivity (Wildman–Crippen MR) is 106 cm³/mol. The van der Waals surface area contributed by atoms with Crippen LogP contribution < -0.4 is 15.1 Å². The van der Waals surface area contributed by atoms with E-state index in [-0.39, 0.29) is 29.7 Å². The number of aromatic nitrogens is 1. The number of halogens is 1. The molecule has 0 spiro atoms. The molecule has 2 aromatic rings. The highest BCUT2D eigenvalue weighted by atomic mass is 19.1. The molecule has 1 N–H and O–H groups in total. The summed E-state index contributed by atoms with van der Waals surface area (Å²) in [6.45, 7) is 2.39. The predicted octanol–water partition coefficient (Wildman–Crippen LogP) is 1.83. The number of carbonyl (C=O) groups excluding carboxylic acids is 1. The topological polar surface area (TPSA) is 101 Å². The van der Waals surface area contributed by atoms with E-state index in [2.05, 4.69) is 9.47 Å². The zero-order valence-electron chi connectivity index (χ0n) is 16.5. The Bertz CT molecular complexity index is 1060. The van der Waals surface area contributed by atoms with E-state index in [9.17, 15) is 18.8 Å². The molecule has 1 aromatic heterocycles. The molecule has 9 nitrogen and oxygen atoms in total. The van der Waals surface area contributed by atoms with E-state index < -0.39 is 17.4 Å². The van der Waals surface area contributed by atoms with E-state index >= 15 is 0 Å². The minimum atomic E-state index is -1.59. The van der Waals surface area contributed by atoms with Gasteiger partial charge in [0.1, 0.15) is 5.82 Å². The van der Waals surface area contributed by atoms with Gasteiger partial charge in [-0.05, 0) is 25.0 Å².